The first-order chi connectivity index (χ1) is 14.6. The number of methoxy groups -OCH3 is 1. The molecule has 0 amide bonds. The second-order valence-electron chi connectivity index (χ2n) is 7.90. The Morgan fingerprint density at radius 1 is 1.17 bits per heavy atom. The van der Waals surface area contributed by atoms with E-state index in [9.17, 15) is 4.79 Å². The summed E-state index contributed by atoms with van der Waals surface area (Å²) in [6.07, 6.45) is 7.74. The van der Waals surface area contributed by atoms with Crippen molar-refractivity contribution < 1.29 is 19.0 Å². The summed E-state index contributed by atoms with van der Waals surface area (Å²) in [6, 6.07) is 12.2. The molecule has 2 aromatic carbocycles. The van der Waals surface area contributed by atoms with Crippen LogP contribution in [0.25, 0.3) is 0 Å². The van der Waals surface area contributed by atoms with Crippen molar-refractivity contribution in [1.82, 2.24) is 0 Å². The Hall–Kier alpha value is -2.95. The lowest BCUT2D eigenvalue weighted by Gasteiger charge is -2.38. The Bertz CT molecular complexity index is 952. The Morgan fingerprint density at radius 3 is 2.80 bits per heavy atom. The molecule has 1 N–H and O–H groups in total. The van der Waals surface area contributed by atoms with Gasteiger partial charge in [0.05, 0.1) is 25.4 Å². The zero-order valence-electron chi connectivity index (χ0n) is 17.8. The van der Waals surface area contributed by atoms with Crippen molar-refractivity contribution in [2.75, 3.05) is 19.0 Å². The van der Waals surface area contributed by atoms with E-state index in [-0.39, 0.29) is 12.0 Å². The van der Waals surface area contributed by atoms with Crippen LogP contribution in [-0.4, -0.2) is 19.7 Å². The van der Waals surface area contributed by atoms with Gasteiger partial charge in [0.25, 0.3) is 0 Å². The monoisotopic (exact) mass is 407 g/mol. The maximum atomic E-state index is 11.4. The molecule has 158 valence electrons. The van der Waals surface area contributed by atoms with E-state index in [2.05, 4.69) is 36.5 Å². The highest BCUT2D eigenvalue weighted by atomic mass is 16.6. The number of nitrogens with one attached hydrogen (secondary N) is 1. The Balaban J connectivity index is 1.69. The van der Waals surface area contributed by atoms with E-state index in [0.717, 1.165) is 36.3 Å². The van der Waals surface area contributed by atoms with Crippen molar-refractivity contribution >= 4 is 11.7 Å². The van der Waals surface area contributed by atoms with Crippen LogP contribution in [0.3, 0.4) is 0 Å². The quantitative estimate of drug-likeness (QED) is 0.279. The minimum Gasteiger partial charge on any atom is -0.493 e. The third-order valence-corrected chi connectivity index (χ3v) is 5.91. The van der Waals surface area contributed by atoms with Crippen molar-refractivity contribution in [1.29, 1.82) is 0 Å². The summed E-state index contributed by atoms with van der Waals surface area (Å²) in [6.45, 7) is 4.27. The molecule has 0 aromatic heterocycles. The topological polar surface area (TPSA) is 56.8 Å². The average Bonchev–Trinajstić information content (AvgIpc) is 3.24. The Kier molecular flexibility index (Phi) is 5.98. The Labute approximate surface area is 178 Å². The number of rotatable bonds is 7. The standard InChI is InChI=1S/C25H29NO4/c1-4-5-14-29-22-11-7-10-20-18-8-6-9-19(18)24(26-25(20)22)17-12-13-21(30-16(2)27)23(15-17)28-3/h6-8,10-13,15,18-19,24,26H,4-5,9,14H2,1-3H3. The van der Waals surface area contributed by atoms with Crippen LogP contribution in [0.4, 0.5) is 5.69 Å². The predicted molar refractivity (Wildman–Crippen MR) is 117 cm³/mol. The van der Waals surface area contributed by atoms with Gasteiger partial charge in [-0.3, -0.25) is 4.79 Å². The first kappa shape index (κ1) is 20.3. The molecule has 0 spiro atoms. The highest BCUT2D eigenvalue weighted by Gasteiger charge is 2.39. The van der Waals surface area contributed by atoms with Crippen LogP contribution in [0.15, 0.2) is 48.6 Å². The molecule has 30 heavy (non-hydrogen) atoms. The second-order valence-corrected chi connectivity index (χ2v) is 7.90. The summed E-state index contributed by atoms with van der Waals surface area (Å²) in [5.41, 5.74) is 3.48. The molecular formula is C25H29NO4. The minimum atomic E-state index is -0.361. The number of fused-ring (bicyclic) bond motifs is 3. The van der Waals surface area contributed by atoms with Crippen molar-refractivity contribution in [2.24, 2.45) is 5.92 Å². The van der Waals surface area contributed by atoms with Gasteiger partial charge in [-0.15, -0.1) is 0 Å². The molecule has 0 fully saturated rings. The van der Waals surface area contributed by atoms with Crippen molar-refractivity contribution in [3.63, 3.8) is 0 Å². The largest absolute Gasteiger partial charge is 0.493 e. The number of unbranched alkanes of at least 4 members (excludes halogenated alkanes) is 1. The molecule has 2 aliphatic rings. The first-order valence-corrected chi connectivity index (χ1v) is 10.7. The van der Waals surface area contributed by atoms with Crippen LogP contribution in [0.5, 0.6) is 17.2 Å². The number of ether oxygens (including phenoxy) is 3. The van der Waals surface area contributed by atoms with Gasteiger partial charge in [-0.2, -0.15) is 0 Å². The zero-order chi connectivity index (χ0) is 21.1. The number of hydrogen-bond donors (Lipinski definition) is 1. The van der Waals surface area contributed by atoms with Crippen molar-refractivity contribution in [2.45, 2.75) is 45.1 Å². The van der Waals surface area contributed by atoms with E-state index in [1.54, 1.807) is 7.11 Å². The van der Waals surface area contributed by atoms with Gasteiger partial charge < -0.3 is 19.5 Å². The highest BCUT2D eigenvalue weighted by Crippen LogP contribution is 2.52. The molecular weight excluding hydrogens is 378 g/mol. The highest BCUT2D eigenvalue weighted by molar-refractivity contribution is 5.71. The Morgan fingerprint density at radius 2 is 2.03 bits per heavy atom. The third kappa shape index (κ3) is 3.89. The van der Waals surface area contributed by atoms with Gasteiger partial charge in [0.2, 0.25) is 0 Å². The molecule has 1 heterocycles. The first-order valence-electron chi connectivity index (χ1n) is 10.7. The fourth-order valence-electron chi connectivity index (χ4n) is 4.49. The number of hydrogen-bond acceptors (Lipinski definition) is 5. The van der Waals surface area contributed by atoms with E-state index >= 15 is 0 Å². The number of carbonyl (C=O) groups is 1. The fraction of sp³-hybridized carbons (Fsp3) is 0.400. The smallest absolute Gasteiger partial charge is 0.308 e. The van der Waals surface area contributed by atoms with E-state index in [1.807, 2.05) is 24.3 Å². The number of anilines is 1. The normalized spacial score (nSPS) is 21.4. The maximum Gasteiger partial charge on any atom is 0.308 e. The predicted octanol–water partition coefficient (Wildman–Crippen LogP) is 5.63. The van der Waals surface area contributed by atoms with Gasteiger partial charge in [0.1, 0.15) is 5.75 Å². The molecule has 1 aliphatic heterocycles. The van der Waals surface area contributed by atoms with Crippen LogP contribution >= 0.6 is 0 Å². The van der Waals surface area contributed by atoms with Crippen LogP contribution in [0.2, 0.25) is 0 Å². The summed E-state index contributed by atoms with van der Waals surface area (Å²) >= 11 is 0. The summed E-state index contributed by atoms with van der Waals surface area (Å²) in [7, 11) is 1.59. The molecule has 5 nitrogen and oxygen atoms in total. The lowest BCUT2D eigenvalue weighted by Crippen LogP contribution is -2.29. The van der Waals surface area contributed by atoms with Crippen molar-refractivity contribution in [3.05, 3.63) is 59.7 Å². The zero-order valence-corrected chi connectivity index (χ0v) is 17.8. The van der Waals surface area contributed by atoms with Crippen LogP contribution < -0.4 is 19.5 Å². The van der Waals surface area contributed by atoms with E-state index in [1.165, 1.54) is 12.5 Å². The molecule has 3 unspecified atom stereocenters. The number of allylic oxidation sites excluding steroid dienone is 2. The molecule has 1 aliphatic carbocycles. The summed E-state index contributed by atoms with van der Waals surface area (Å²) in [5.74, 6) is 2.31. The molecule has 0 radical (unpaired) electrons. The molecule has 0 saturated carbocycles. The van der Waals surface area contributed by atoms with E-state index in [4.69, 9.17) is 14.2 Å². The van der Waals surface area contributed by atoms with Crippen LogP contribution in [0, 0.1) is 5.92 Å². The van der Waals surface area contributed by atoms with E-state index < -0.39 is 0 Å². The van der Waals surface area contributed by atoms with Gasteiger partial charge in [-0.1, -0.05) is 43.7 Å². The number of esters is 1. The number of carbonyl (C=O) groups excluding carboxylic acids is 1. The van der Waals surface area contributed by atoms with Gasteiger partial charge in [-0.25, -0.2) is 0 Å². The third-order valence-electron chi connectivity index (χ3n) is 5.91. The van der Waals surface area contributed by atoms with Crippen LogP contribution in [0.1, 0.15) is 56.2 Å². The molecule has 4 rings (SSSR count). The minimum absolute atomic E-state index is 0.105. The summed E-state index contributed by atoms with van der Waals surface area (Å²) in [4.78, 5) is 11.4. The lowest BCUT2D eigenvalue weighted by molar-refractivity contribution is -0.132. The number of benzene rings is 2. The van der Waals surface area contributed by atoms with Crippen molar-refractivity contribution in [3.8, 4) is 17.2 Å². The summed E-state index contributed by atoms with van der Waals surface area (Å²) < 4.78 is 16.9. The van der Waals surface area contributed by atoms with Gasteiger partial charge in [0.15, 0.2) is 11.5 Å². The lowest BCUT2D eigenvalue weighted by atomic mass is 9.77. The maximum absolute atomic E-state index is 11.4. The summed E-state index contributed by atoms with van der Waals surface area (Å²) in [5, 5.41) is 3.76. The molecule has 2 aromatic rings. The molecule has 5 heteroatoms. The van der Waals surface area contributed by atoms with Gasteiger partial charge >= 0.3 is 5.97 Å². The van der Waals surface area contributed by atoms with E-state index in [0.29, 0.717) is 29.9 Å². The second kappa shape index (κ2) is 8.82. The molecule has 3 atom stereocenters. The SMILES string of the molecule is CCCCOc1cccc2c1NC(c1ccc(OC(C)=O)c(OC)c1)C1CC=CC21. The fourth-order valence-corrected chi connectivity index (χ4v) is 4.49. The number of para-hydroxylation sites is 1. The molecule has 0 saturated heterocycles. The molecule has 0 bridgehead atoms. The average molecular weight is 408 g/mol. The van der Waals surface area contributed by atoms with Gasteiger partial charge in [0, 0.05) is 12.8 Å². The van der Waals surface area contributed by atoms with Gasteiger partial charge in [-0.05, 0) is 48.1 Å². The van der Waals surface area contributed by atoms with Crippen LogP contribution in [-0.2, 0) is 4.79 Å².